The minimum atomic E-state index is -0.472. The number of nitrogens with zero attached hydrogens (tertiary/aromatic N) is 4. The van der Waals surface area contributed by atoms with E-state index in [1.54, 1.807) is 49.6 Å². The third-order valence-electron chi connectivity index (χ3n) is 3.39. The Hall–Kier alpha value is -2.13. The van der Waals surface area contributed by atoms with Crippen LogP contribution in [0.2, 0.25) is 0 Å². The first-order chi connectivity index (χ1) is 13.3. The summed E-state index contributed by atoms with van der Waals surface area (Å²) in [4.78, 5) is 15.8. The molecule has 4 aromatic rings. The molecule has 4 heterocycles. The zero-order valence-corrected chi connectivity index (χ0v) is 17.9. The number of halogens is 2. The van der Waals surface area contributed by atoms with E-state index in [9.17, 15) is 0 Å². The zero-order valence-electron chi connectivity index (χ0n) is 14.1. The quantitative estimate of drug-likeness (QED) is 0.308. The summed E-state index contributed by atoms with van der Waals surface area (Å²) in [5.41, 5.74) is 4.69. The van der Waals surface area contributed by atoms with Crippen LogP contribution in [0.5, 0.6) is 0 Å². The second kappa shape index (κ2) is 13.1. The Labute approximate surface area is 175 Å². The monoisotopic (exact) mass is 577 g/mol. The van der Waals surface area contributed by atoms with Gasteiger partial charge in [0, 0.05) is 49.6 Å². The maximum absolute atomic E-state index is 4.88. The van der Waals surface area contributed by atoms with Crippen molar-refractivity contribution < 1.29 is 16.5 Å². The summed E-state index contributed by atoms with van der Waals surface area (Å²) in [6, 6.07) is 15.9. The number of rotatable bonds is 2. The van der Waals surface area contributed by atoms with Crippen molar-refractivity contribution in [3.05, 3.63) is 98.1 Å². The Bertz CT molecular complexity index is 717. The molecular formula is C20H16Cl2N4Pt. The summed E-state index contributed by atoms with van der Waals surface area (Å²) < 4.78 is 0. The third kappa shape index (κ3) is 7.96. The molecule has 0 atom stereocenters. The topological polar surface area (TPSA) is 51.6 Å². The standard InChI is InChI=1S/2C10H8N2.2ClH.Pt/c2*1-5-11-6-2-9(1)10-3-7-12-8-4-10;;;/h2*1-8H;2*1H;/q;;;;+2/p-2. The summed E-state index contributed by atoms with van der Waals surface area (Å²) in [6.07, 6.45) is 14.3. The average molecular weight is 578 g/mol. The number of hydrogen-bond acceptors (Lipinski definition) is 4. The van der Waals surface area contributed by atoms with Crippen molar-refractivity contribution in [3.63, 3.8) is 0 Å². The smallest absolute Gasteiger partial charge is 0.0273 e. The van der Waals surface area contributed by atoms with Gasteiger partial charge in [-0.05, 0) is 70.8 Å². The van der Waals surface area contributed by atoms with Gasteiger partial charge < -0.3 is 0 Å². The van der Waals surface area contributed by atoms with Crippen LogP contribution in [0.3, 0.4) is 0 Å². The summed E-state index contributed by atoms with van der Waals surface area (Å²) in [5.74, 6) is 0. The molecule has 7 heteroatoms. The van der Waals surface area contributed by atoms with Gasteiger partial charge in [-0.3, -0.25) is 19.9 Å². The fourth-order valence-corrected chi connectivity index (χ4v) is 2.18. The second-order valence-electron chi connectivity index (χ2n) is 4.99. The van der Waals surface area contributed by atoms with Gasteiger partial charge in [0.1, 0.15) is 0 Å². The van der Waals surface area contributed by atoms with Crippen LogP contribution in [-0.4, -0.2) is 19.9 Å². The molecule has 0 aliphatic carbocycles. The van der Waals surface area contributed by atoms with E-state index in [2.05, 4.69) is 19.9 Å². The molecule has 0 spiro atoms. The van der Waals surface area contributed by atoms with Gasteiger partial charge in [0.25, 0.3) is 0 Å². The van der Waals surface area contributed by atoms with Crippen molar-refractivity contribution in [2.45, 2.75) is 0 Å². The summed E-state index contributed by atoms with van der Waals surface area (Å²) in [6.45, 7) is 0. The molecule has 0 saturated carbocycles. The first-order valence-electron chi connectivity index (χ1n) is 7.78. The van der Waals surface area contributed by atoms with Crippen LogP contribution in [-0.2, 0) is 16.5 Å². The van der Waals surface area contributed by atoms with Crippen molar-refractivity contribution >= 4 is 18.8 Å². The van der Waals surface area contributed by atoms with E-state index in [0.29, 0.717) is 0 Å². The maximum Gasteiger partial charge on any atom is 0.0273 e. The maximum atomic E-state index is 4.88. The number of aromatic nitrogens is 4. The molecule has 0 saturated heterocycles. The van der Waals surface area contributed by atoms with Gasteiger partial charge in [-0.25, -0.2) is 0 Å². The van der Waals surface area contributed by atoms with Crippen molar-refractivity contribution in [1.82, 2.24) is 19.9 Å². The minimum Gasteiger partial charge on any atom is -0.265 e. The Morgan fingerprint density at radius 2 is 0.556 bits per heavy atom. The fourth-order valence-electron chi connectivity index (χ4n) is 2.18. The summed E-state index contributed by atoms with van der Waals surface area (Å²) in [7, 11) is 9.75. The minimum absolute atomic E-state index is 0.472. The molecule has 0 unspecified atom stereocenters. The van der Waals surface area contributed by atoms with E-state index in [-0.39, 0.29) is 0 Å². The van der Waals surface area contributed by atoms with Crippen LogP contribution in [0.15, 0.2) is 98.1 Å². The van der Waals surface area contributed by atoms with Gasteiger partial charge in [0.2, 0.25) is 0 Å². The number of hydrogen-bond donors (Lipinski definition) is 0. The molecule has 4 aromatic heterocycles. The molecule has 4 rings (SSSR count). The molecular weight excluding hydrogens is 562 g/mol. The van der Waals surface area contributed by atoms with Crippen LogP contribution in [0.1, 0.15) is 0 Å². The van der Waals surface area contributed by atoms with Crippen LogP contribution < -0.4 is 0 Å². The van der Waals surface area contributed by atoms with Crippen LogP contribution in [0.4, 0.5) is 0 Å². The largest absolute Gasteiger partial charge is 0.265 e. The van der Waals surface area contributed by atoms with Crippen LogP contribution in [0, 0.1) is 0 Å². The Kier molecular flexibility index (Phi) is 10.3. The zero-order chi connectivity index (χ0) is 19.2. The predicted molar refractivity (Wildman–Crippen MR) is 107 cm³/mol. The third-order valence-corrected chi connectivity index (χ3v) is 3.39. The molecule has 4 nitrogen and oxygen atoms in total. The molecule has 27 heavy (non-hydrogen) atoms. The molecule has 140 valence electrons. The Morgan fingerprint density at radius 3 is 0.704 bits per heavy atom. The van der Waals surface area contributed by atoms with E-state index in [1.807, 2.05) is 48.5 Å². The fraction of sp³-hybridized carbons (Fsp3) is 0. The van der Waals surface area contributed by atoms with Crippen LogP contribution >= 0.6 is 18.8 Å². The van der Waals surface area contributed by atoms with Gasteiger partial charge in [0.05, 0.1) is 0 Å². The normalized spacial score (nSPS) is 9.41. The van der Waals surface area contributed by atoms with Gasteiger partial charge in [0.15, 0.2) is 0 Å². The van der Waals surface area contributed by atoms with E-state index < -0.39 is 16.5 Å². The number of pyridine rings is 4. The molecule has 0 aliphatic heterocycles. The molecule has 0 N–H and O–H groups in total. The average Bonchev–Trinajstić information content (AvgIpc) is 2.77. The molecule has 0 bridgehead atoms. The van der Waals surface area contributed by atoms with Gasteiger partial charge in [-0.1, -0.05) is 0 Å². The Morgan fingerprint density at radius 1 is 0.407 bits per heavy atom. The first kappa shape index (κ1) is 21.2. The van der Waals surface area contributed by atoms with Crippen LogP contribution in [0.25, 0.3) is 22.3 Å². The second-order valence-corrected chi connectivity index (χ2v) is 8.27. The Balaban J connectivity index is 0.000000170. The summed E-state index contributed by atoms with van der Waals surface area (Å²) in [5, 5.41) is 0. The van der Waals surface area contributed by atoms with Gasteiger partial charge in [-0.2, -0.15) is 0 Å². The molecule has 0 amide bonds. The van der Waals surface area contributed by atoms with E-state index >= 15 is 0 Å². The molecule has 0 aliphatic rings. The molecule has 0 radical (unpaired) electrons. The van der Waals surface area contributed by atoms with Crippen molar-refractivity contribution in [1.29, 1.82) is 0 Å². The first-order valence-corrected chi connectivity index (χ1v) is 13.4. The van der Waals surface area contributed by atoms with Gasteiger partial charge >= 0.3 is 35.3 Å². The molecule has 0 fully saturated rings. The van der Waals surface area contributed by atoms with Crippen molar-refractivity contribution in [2.24, 2.45) is 0 Å². The summed E-state index contributed by atoms with van der Waals surface area (Å²) >= 11 is -0.472. The van der Waals surface area contributed by atoms with E-state index in [4.69, 9.17) is 18.8 Å². The predicted octanol–water partition coefficient (Wildman–Crippen LogP) is 5.66. The van der Waals surface area contributed by atoms with Gasteiger partial charge in [-0.15, -0.1) is 0 Å². The van der Waals surface area contributed by atoms with Crippen molar-refractivity contribution in [2.75, 3.05) is 0 Å². The SMILES string of the molecule is [Cl][Pt][Cl].c1cc(-c2ccncc2)ccn1.c1cc(-c2ccncc2)ccn1. The van der Waals surface area contributed by atoms with Crippen molar-refractivity contribution in [3.8, 4) is 22.3 Å². The molecule has 0 aromatic carbocycles. The van der Waals surface area contributed by atoms with E-state index in [1.165, 1.54) is 22.3 Å². The van der Waals surface area contributed by atoms with E-state index in [0.717, 1.165) is 0 Å².